The topological polar surface area (TPSA) is 406 Å². The van der Waals surface area contributed by atoms with Gasteiger partial charge >= 0.3 is 35.9 Å². The van der Waals surface area contributed by atoms with E-state index in [1.165, 1.54) is 24.3 Å². The zero-order valence-electron chi connectivity index (χ0n) is 40.4. The molecule has 7 amide bonds. The van der Waals surface area contributed by atoms with Crippen LogP contribution in [0.2, 0.25) is 0 Å². The molecule has 2 aromatic rings. The van der Waals surface area contributed by atoms with E-state index in [9.17, 15) is 68.1 Å². The minimum Gasteiger partial charge on any atom is -0.484 e. The van der Waals surface area contributed by atoms with Gasteiger partial charge in [-0.3, -0.25) is 38.4 Å². The Balaban J connectivity index is 1.76. The minimum absolute atomic E-state index is 0.00939. The Morgan fingerprint density at radius 3 is 1.73 bits per heavy atom. The van der Waals surface area contributed by atoms with E-state index in [1.54, 1.807) is 37.3 Å². The number of hydrogen-bond donors (Lipinski definition) is 14. The molecule has 26 heteroatoms. The van der Waals surface area contributed by atoms with Gasteiger partial charge in [-0.15, -0.1) is 0 Å². The number of benzene rings is 2. The second-order valence-electron chi connectivity index (χ2n) is 16.7. The molecule has 0 radical (unpaired) electrons. The van der Waals surface area contributed by atoms with Crippen LogP contribution in [0.4, 0.5) is 4.79 Å². The van der Waals surface area contributed by atoms with E-state index in [1.807, 2.05) is 0 Å². The molecule has 0 aliphatic rings. The van der Waals surface area contributed by atoms with Gasteiger partial charge in [0.15, 0.2) is 6.61 Å². The molecule has 0 aliphatic heterocycles. The molecule has 5 atom stereocenters. The number of rotatable bonds is 38. The van der Waals surface area contributed by atoms with Crippen LogP contribution in [0.5, 0.6) is 5.75 Å². The van der Waals surface area contributed by atoms with Gasteiger partial charge in [0.05, 0.1) is 13.1 Å². The third-order valence-electron chi connectivity index (χ3n) is 10.6. The molecule has 2 aromatic carbocycles. The molecular weight excluding hydrogens is 963 g/mol. The summed E-state index contributed by atoms with van der Waals surface area (Å²) < 4.78 is 5.60. The van der Waals surface area contributed by atoms with Gasteiger partial charge in [-0.2, -0.15) is 0 Å². The van der Waals surface area contributed by atoms with E-state index >= 15 is 0 Å². The van der Waals surface area contributed by atoms with Crippen molar-refractivity contribution in [3.05, 3.63) is 65.7 Å². The van der Waals surface area contributed by atoms with Gasteiger partial charge in [-0.25, -0.2) is 14.4 Å². The summed E-state index contributed by atoms with van der Waals surface area (Å²) in [6.07, 6.45) is 1.12. The Bertz CT molecular complexity index is 2150. The number of unbranched alkanes of at least 4 members (excludes halogenated alkanes) is 2. The van der Waals surface area contributed by atoms with Crippen molar-refractivity contribution >= 4 is 65.4 Å². The highest BCUT2D eigenvalue weighted by Gasteiger charge is 2.24. The lowest BCUT2D eigenvalue weighted by atomic mass is 10.0. The van der Waals surface area contributed by atoms with Crippen LogP contribution in [0.25, 0.3) is 0 Å². The van der Waals surface area contributed by atoms with Gasteiger partial charge < -0.3 is 78.1 Å². The molecule has 0 bridgehead atoms. The molecule has 1 unspecified atom stereocenters. The highest BCUT2D eigenvalue weighted by atomic mass is 16.5. The first-order chi connectivity index (χ1) is 34.7. The number of aliphatic carboxylic acids is 5. The van der Waals surface area contributed by atoms with Gasteiger partial charge in [0.1, 0.15) is 29.9 Å². The quantitative estimate of drug-likeness (QED) is 0.0365. The van der Waals surface area contributed by atoms with Crippen LogP contribution < -0.4 is 52.6 Å². The molecular formula is C47H67N9O17. The number of ether oxygens (including phenoxy) is 1. The molecule has 0 fully saturated rings. The largest absolute Gasteiger partial charge is 0.484 e. The van der Waals surface area contributed by atoms with Crippen LogP contribution in [0.1, 0.15) is 87.1 Å². The predicted octanol–water partition coefficient (Wildman–Crippen LogP) is -0.832. The highest BCUT2D eigenvalue weighted by molar-refractivity contribution is 5.94. The first kappa shape index (κ1) is 61.3. The molecule has 0 saturated heterocycles. The zero-order chi connectivity index (χ0) is 54.1. The maximum atomic E-state index is 13.3. The van der Waals surface area contributed by atoms with Crippen LogP contribution >= 0.6 is 0 Å². The van der Waals surface area contributed by atoms with Gasteiger partial charge in [-0.05, 0) is 88.1 Å². The maximum Gasteiger partial charge on any atom is 0.326 e. The molecule has 14 N–H and O–H groups in total. The predicted molar refractivity (Wildman–Crippen MR) is 258 cm³/mol. The first-order valence-electron chi connectivity index (χ1n) is 23.5. The molecule has 73 heavy (non-hydrogen) atoms. The molecule has 26 nitrogen and oxygen atoms in total. The fourth-order valence-electron chi connectivity index (χ4n) is 6.71. The maximum absolute atomic E-state index is 13.3. The number of carboxylic acids is 5. The van der Waals surface area contributed by atoms with E-state index in [0.29, 0.717) is 25.7 Å². The SMILES string of the molecule is C[C@H](CCC(=O)O)NC(=O)N[C@@H](CCCCNC(=O)[C@H](Cc1ccccc1)NC(=O)COc1ccc(C(=O)NCCCC[C@H](NC(=O)CNC(=O)CCC(NCCNCC(=O)O)C(=O)O)C(=O)O)cc1)C(=O)O. The van der Waals surface area contributed by atoms with E-state index in [4.69, 9.17) is 14.9 Å². The van der Waals surface area contributed by atoms with E-state index in [0.717, 1.165) is 5.56 Å². The average molecular weight is 1030 g/mol. The lowest BCUT2D eigenvalue weighted by Gasteiger charge is -2.20. The summed E-state index contributed by atoms with van der Waals surface area (Å²) in [6.45, 7) is 0.873. The van der Waals surface area contributed by atoms with E-state index in [2.05, 4.69) is 47.9 Å². The van der Waals surface area contributed by atoms with Gasteiger partial charge in [-0.1, -0.05) is 30.3 Å². The van der Waals surface area contributed by atoms with Crippen molar-refractivity contribution in [2.45, 2.75) is 108 Å². The fourth-order valence-corrected chi connectivity index (χ4v) is 6.71. The van der Waals surface area contributed by atoms with Crippen LogP contribution in [0.15, 0.2) is 54.6 Å². The van der Waals surface area contributed by atoms with Crippen LogP contribution in [0.3, 0.4) is 0 Å². The third-order valence-corrected chi connectivity index (χ3v) is 10.6. The normalized spacial score (nSPS) is 12.8. The molecule has 402 valence electrons. The molecule has 0 saturated carbocycles. The summed E-state index contributed by atoms with van der Waals surface area (Å²) in [5, 5.41) is 68.9. The minimum atomic E-state index is -1.31. The Kier molecular flexibility index (Phi) is 28.9. The summed E-state index contributed by atoms with van der Waals surface area (Å²) in [4.78, 5) is 132. The molecule has 0 spiro atoms. The molecule has 0 aromatic heterocycles. The Hall–Kier alpha value is -7.87. The summed E-state index contributed by atoms with van der Waals surface area (Å²) in [5.41, 5.74) is 1.02. The van der Waals surface area contributed by atoms with Crippen molar-refractivity contribution in [3.63, 3.8) is 0 Å². The lowest BCUT2D eigenvalue weighted by Crippen LogP contribution is -2.49. The Morgan fingerprint density at radius 2 is 1.12 bits per heavy atom. The van der Waals surface area contributed by atoms with E-state index in [-0.39, 0.29) is 89.0 Å². The lowest BCUT2D eigenvalue weighted by molar-refractivity contribution is -0.142. The van der Waals surface area contributed by atoms with Crippen molar-refractivity contribution in [2.75, 3.05) is 45.9 Å². The van der Waals surface area contributed by atoms with Gasteiger partial charge in [0, 0.05) is 57.0 Å². The number of hydrogen-bond acceptors (Lipinski definition) is 14. The van der Waals surface area contributed by atoms with E-state index < -0.39 is 109 Å². The van der Waals surface area contributed by atoms with Crippen molar-refractivity contribution in [2.24, 2.45) is 0 Å². The standard InChI is InChI=1S/C47H67N9O17/c1-29(13-20-40(60)61)53-47(72)56-35(46(70)71)12-6-8-22-51-43(65)36(25-30-9-3-2-4-10-30)55-39(59)28-73-32-16-14-31(15-17-32)42(64)50-21-7-5-11-34(45(68)69)54-38(58)26-52-37(57)19-18-33(44(66)67)49-24-23-48-27-41(62)63/h2-4,9-10,14-17,29,33-36,48-49H,5-8,11-13,18-28H2,1H3,(H,50,64)(H,51,65)(H,52,57)(H,54,58)(H,55,59)(H,60,61)(H,62,63)(H,66,67)(H,68,69)(H,70,71)(H2,53,56,72)/t29-,33?,34+,35+,36+/m1/s1. The summed E-state index contributed by atoms with van der Waals surface area (Å²) >= 11 is 0. The number of urea groups is 1. The number of carbonyl (C=O) groups is 11. The van der Waals surface area contributed by atoms with Crippen LogP contribution in [-0.2, 0) is 49.6 Å². The fraction of sp³-hybridized carbons (Fsp3) is 0.511. The smallest absolute Gasteiger partial charge is 0.326 e. The number of nitrogens with one attached hydrogen (secondary N) is 9. The molecule has 0 heterocycles. The second kappa shape index (κ2) is 34.5. The number of amides is 7. The number of carboxylic acid groups (broad SMARTS) is 5. The van der Waals surface area contributed by atoms with Crippen molar-refractivity contribution in [1.29, 1.82) is 0 Å². The average Bonchev–Trinajstić information content (AvgIpc) is 3.34. The van der Waals surface area contributed by atoms with Crippen LogP contribution in [-0.4, -0.2) is 167 Å². The summed E-state index contributed by atoms with van der Waals surface area (Å²) in [6, 6.07) is 8.93. The zero-order valence-corrected chi connectivity index (χ0v) is 40.4. The van der Waals surface area contributed by atoms with Gasteiger partial charge in [0.2, 0.25) is 17.7 Å². The van der Waals surface area contributed by atoms with Crippen molar-refractivity contribution < 1.29 is 83.0 Å². The Morgan fingerprint density at radius 1 is 0.521 bits per heavy atom. The highest BCUT2D eigenvalue weighted by Crippen LogP contribution is 2.13. The van der Waals surface area contributed by atoms with Crippen molar-refractivity contribution in [3.8, 4) is 5.75 Å². The first-order valence-corrected chi connectivity index (χ1v) is 23.5. The molecule has 2 rings (SSSR count). The number of carbonyl (C=O) groups excluding carboxylic acids is 6. The third kappa shape index (κ3) is 27.9. The monoisotopic (exact) mass is 1030 g/mol. The van der Waals surface area contributed by atoms with Crippen molar-refractivity contribution in [1.82, 2.24) is 47.9 Å². The van der Waals surface area contributed by atoms with Gasteiger partial charge in [0.25, 0.3) is 11.8 Å². The Labute approximate surface area is 420 Å². The second-order valence-corrected chi connectivity index (χ2v) is 16.7. The molecule has 0 aliphatic carbocycles. The summed E-state index contributed by atoms with van der Waals surface area (Å²) in [7, 11) is 0. The summed E-state index contributed by atoms with van der Waals surface area (Å²) in [5.74, 6) is -8.63. The van der Waals surface area contributed by atoms with Crippen LogP contribution in [0, 0.1) is 0 Å².